The van der Waals surface area contributed by atoms with Crippen molar-refractivity contribution in [1.29, 1.82) is 0 Å². The Kier molecular flexibility index (Phi) is 2.10. The van der Waals surface area contributed by atoms with Gasteiger partial charge < -0.3 is 5.32 Å². The fourth-order valence-electron chi connectivity index (χ4n) is 1.28. The number of aromatic nitrogens is 2. The molecule has 0 amide bonds. The lowest BCUT2D eigenvalue weighted by molar-refractivity contribution is 0.112. The zero-order valence-electron chi connectivity index (χ0n) is 7.69. The second kappa shape index (κ2) is 3.41. The van der Waals surface area contributed by atoms with E-state index in [1.807, 2.05) is 24.3 Å². The van der Waals surface area contributed by atoms with Crippen LogP contribution < -0.4 is 5.32 Å². The molecule has 1 N–H and O–H groups in total. The van der Waals surface area contributed by atoms with E-state index < -0.39 is 0 Å². The summed E-state index contributed by atoms with van der Waals surface area (Å²) in [7, 11) is 1.71. The van der Waals surface area contributed by atoms with Crippen molar-refractivity contribution in [1.82, 2.24) is 9.97 Å². The Morgan fingerprint density at radius 2 is 1.86 bits per heavy atom. The van der Waals surface area contributed by atoms with Crippen LogP contribution >= 0.6 is 0 Å². The molecule has 0 radical (unpaired) electrons. The molecule has 0 saturated carbocycles. The number of fused-ring (bicyclic) bond motifs is 1. The average molecular weight is 187 g/mol. The topological polar surface area (TPSA) is 54.9 Å². The van der Waals surface area contributed by atoms with Crippen molar-refractivity contribution in [2.45, 2.75) is 0 Å². The van der Waals surface area contributed by atoms with Gasteiger partial charge in [-0.25, -0.2) is 9.97 Å². The molecule has 0 unspecified atom stereocenters. The van der Waals surface area contributed by atoms with Crippen LogP contribution in [-0.2, 0) is 0 Å². The number of nitrogens with one attached hydrogen (secondary N) is 1. The third-order valence-corrected chi connectivity index (χ3v) is 1.95. The van der Waals surface area contributed by atoms with Crippen molar-refractivity contribution in [3.63, 3.8) is 0 Å². The highest BCUT2D eigenvalue weighted by molar-refractivity contribution is 5.85. The van der Waals surface area contributed by atoms with E-state index in [4.69, 9.17) is 0 Å². The SMILES string of the molecule is CNc1nc2ccccc2nc1C=O. The van der Waals surface area contributed by atoms with Gasteiger partial charge in [0.05, 0.1) is 11.0 Å². The van der Waals surface area contributed by atoms with Crippen LogP contribution in [0.1, 0.15) is 10.5 Å². The van der Waals surface area contributed by atoms with Gasteiger partial charge >= 0.3 is 0 Å². The van der Waals surface area contributed by atoms with E-state index in [2.05, 4.69) is 15.3 Å². The van der Waals surface area contributed by atoms with Gasteiger partial charge in [-0.1, -0.05) is 12.1 Å². The lowest BCUT2D eigenvalue weighted by Gasteiger charge is -2.03. The molecular weight excluding hydrogens is 178 g/mol. The van der Waals surface area contributed by atoms with E-state index in [1.165, 1.54) is 0 Å². The summed E-state index contributed by atoms with van der Waals surface area (Å²) in [5.41, 5.74) is 1.85. The zero-order valence-corrected chi connectivity index (χ0v) is 7.69. The molecule has 0 aliphatic heterocycles. The molecule has 0 fully saturated rings. The molecule has 1 aromatic carbocycles. The molecule has 0 bridgehead atoms. The smallest absolute Gasteiger partial charge is 0.172 e. The Labute approximate surface area is 81.0 Å². The molecule has 0 aliphatic carbocycles. The summed E-state index contributed by atoms with van der Waals surface area (Å²) in [4.78, 5) is 19.1. The van der Waals surface area contributed by atoms with Crippen molar-refractivity contribution in [2.75, 3.05) is 12.4 Å². The first-order chi connectivity index (χ1) is 6.85. The van der Waals surface area contributed by atoms with Crippen LogP contribution in [0.15, 0.2) is 24.3 Å². The number of nitrogens with zero attached hydrogens (tertiary/aromatic N) is 2. The zero-order chi connectivity index (χ0) is 9.97. The van der Waals surface area contributed by atoms with Crippen LogP contribution in [0, 0.1) is 0 Å². The van der Waals surface area contributed by atoms with E-state index in [0.717, 1.165) is 11.0 Å². The molecule has 0 saturated heterocycles. The minimum Gasteiger partial charge on any atom is -0.371 e. The standard InChI is InChI=1S/C10H9N3O/c1-11-10-9(6-14)12-7-4-2-3-5-8(7)13-10/h2-6H,1H3,(H,11,13). The van der Waals surface area contributed by atoms with Gasteiger partial charge in [-0.3, -0.25) is 4.79 Å². The van der Waals surface area contributed by atoms with Crippen LogP contribution in [-0.4, -0.2) is 23.3 Å². The average Bonchev–Trinajstić information content (AvgIpc) is 2.27. The van der Waals surface area contributed by atoms with E-state index in [0.29, 0.717) is 17.8 Å². The summed E-state index contributed by atoms with van der Waals surface area (Å²) in [6.07, 6.45) is 0.700. The van der Waals surface area contributed by atoms with Crippen molar-refractivity contribution >= 4 is 23.1 Å². The largest absolute Gasteiger partial charge is 0.371 e. The van der Waals surface area contributed by atoms with Gasteiger partial charge in [-0.2, -0.15) is 0 Å². The van der Waals surface area contributed by atoms with E-state index in [1.54, 1.807) is 7.05 Å². The highest BCUT2D eigenvalue weighted by Gasteiger charge is 2.05. The van der Waals surface area contributed by atoms with Crippen LogP contribution in [0.25, 0.3) is 11.0 Å². The van der Waals surface area contributed by atoms with E-state index >= 15 is 0 Å². The predicted molar refractivity (Wildman–Crippen MR) is 54.5 cm³/mol. The second-order valence-electron chi connectivity index (χ2n) is 2.81. The predicted octanol–water partition coefficient (Wildman–Crippen LogP) is 1.48. The highest BCUT2D eigenvalue weighted by atomic mass is 16.1. The maximum atomic E-state index is 10.7. The molecular formula is C10H9N3O. The Morgan fingerprint density at radius 1 is 1.21 bits per heavy atom. The monoisotopic (exact) mass is 187 g/mol. The third kappa shape index (κ3) is 1.31. The molecule has 14 heavy (non-hydrogen) atoms. The van der Waals surface area contributed by atoms with E-state index in [-0.39, 0.29) is 0 Å². The first kappa shape index (κ1) is 8.62. The Morgan fingerprint density at radius 3 is 2.43 bits per heavy atom. The van der Waals surface area contributed by atoms with Crippen molar-refractivity contribution < 1.29 is 4.79 Å². The number of hydrogen-bond donors (Lipinski definition) is 1. The van der Waals surface area contributed by atoms with E-state index in [9.17, 15) is 4.79 Å². The van der Waals surface area contributed by atoms with Gasteiger partial charge in [-0.05, 0) is 12.1 Å². The molecule has 4 heteroatoms. The molecule has 0 atom stereocenters. The maximum Gasteiger partial charge on any atom is 0.172 e. The summed E-state index contributed by atoms with van der Waals surface area (Å²) in [5, 5.41) is 2.83. The minimum absolute atomic E-state index is 0.339. The number of carbonyl (C=O) groups is 1. The summed E-state index contributed by atoms with van der Waals surface area (Å²) >= 11 is 0. The summed E-state index contributed by atoms with van der Waals surface area (Å²) < 4.78 is 0. The Bertz CT molecular complexity index is 482. The van der Waals surface area contributed by atoms with Crippen LogP contribution in [0.2, 0.25) is 0 Å². The summed E-state index contributed by atoms with van der Waals surface area (Å²) in [6, 6.07) is 7.44. The number of aldehydes is 1. The normalized spacial score (nSPS) is 10.1. The van der Waals surface area contributed by atoms with Crippen molar-refractivity contribution in [3.8, 4) is 0 Å². The molecule has 70 valence electrons. The lowest BCUT2D eigenvalue weighted by atomic mass is 10.3. The molecule has 1 heterocycles. The number of carbonyl (C=O) groups excluding carboxylic acids is 1. The van der Waals surface area contributed by atoms with Crippen LogP contribution in [0.4, 0.5) is 5.82 Å². The first-order valence-electron chi connectivity index (χ1n) is 4.25. The quantitative estimate of drug-likeness (QED) is 0.723. The fraction of sp³-hybridized carbons (Fsp3) is 0.100. The van der Waals surface area contributed by atoms with Crippen LogP contribution in [0.3, 0.4) is 0 Å². The molecule has 2 rings (SSSR count). The van der Waals surface area contributed by atoms with Crippen molar-refractivity contribution in [3.05, 3.63) is 30.0 Å². The van der Waals surface area contributed by atoms with Crippen molar-refractivity contribution in [2.24, 2.45) is 0 Å². The molecule has 0 aliphatic rings. The van der Waals surface area contributed by atoms with Gasteiger partial charge in [0.25, 0.3) is 0 Å². The van der Waals surface area contributed by atoms with Gasteiger partial charge in [0.15, 0.2) is 12.1 Å². The van der Waals surface area contributed by atoms with Gasteiger partial charge in [0, 0.05) is 7.05 Å². The number of hydrogen-bond acceptors (Lipinski definition) is 4. The second-order valence-corrected chi connectivity index (χ2v) is 2.81. The number of rotatable bonds is 2. The molecule has 2 aromatic rings. The Hall–Kier alpha value is -1.97. The summed E-state index contributed by atoms with van der Waals surface area (Å²) in [5.74, 6) is 0.513. The molecule has 0 spiro atoms. The molecule has 1 aromatic heterocycles. The lowest BCUT2D eigenvalue weighted by Crippen LogP contribution is -2.01. The first-order valence-corrected chi connectivity index (χ1v) is 4.25. The minimum atomic E-state index is 0.339. The van der Waals surface area contributed by atoms with Gasteiger partial charge in [0.1, 0.15) is 5.69 Å². The van der Waals surface area contributed by atoms with Gasteiger partial charge in [-0.15, -0.1) is 0 Å². The van der Waals surface area contributed by atoms with Gasteiger partial charge in [0.2, 0.25) is 0 Å². The highest BCUT2D eigenvalue weighted by Crippen LogP contribution is 2.14. The van der Waals surface area contributed by atoms with Crippen LogP contribution in [0.5, 0.6) is 0 Å². The Balaban J connectivity index is 2.75. The fourth-order valence-corrected chi connectivity index (χ4v) is 1.28. The summed E-state index contributed by atoms with van der Waals surface area (Å²) in [6.45, 7) is 0. The number of anilines is 1. The molecule has 4 nitrogen and oxygen atoms in total. The maximum absolute atomic E-state index is 10.7. The number of benzene rings is 1. The number of para-hydroxylation sites is 2. The third-order valence-electron chi connectivity index (χ3n) is 1.95.